The predicted molar refractivity (Wildman–Crippen MR) is 105 cm³/mol. The van der Waals surface area contributed by atoms with Gasteiger partial charge in [-0.15, -0.1) is 0 Å². The van der Waals surface area contributed by atoms with E-state index in [2.05, 4.69) is 10.6 Å². The quantitative estimate of drug-likeness (QED) is 0.716. The van der Waals surface area contributed by atoms with Crippen molar-refractivity contribution in [2.45, 2.75) is 26.9 Å². The maximum absolute atomic E-state index is 12.2. The molecule has 0 saturated carbocycles. The summed E-state index contributed by atoms with van der Waals surface area (Å²) >= 11 is 0. The molecule has 28 heavy (non-hydrogen) atoms. The maximum atomic E-state index is 12.2. The van der Waals surface area contributed by atoms with Crippen molar-refractivity contribution in [2.75, 3.05) is 19.0 Å². The molecule has 0 aliphatic heterocycles. The SMILES string of the molecule is COc1ccccc1NC(=O)[C@@H](C)OC(=O)CNC(=O)c1ccc(C)c(C)c1. The van der Waals surface area contributed by atoms with Crippen molar-refractivity contribution in [3.05, 3.63) is 59.2 Å². The van der Waals surface area contributed by atoms with Gasteiger partial charge in [0.05, 0.1) is 12.8 Å². The third-order valence-corrected chi connectivity index (χ3v) is 4.20. The lowest BCUT2D eigenvalue weighted by Gasteiger charge is -2.15. The highest BCUT2D eigenvalue weighted by atomic mass is 16.5. The van der Waals surface area contributed by atoms with Crippen LogP contribution in [0.5, 0.6) is 5.75 Å². The van der Waals surface area contributed by atoms with Gasteiger partial charge in [0.1, 0.15) is 12.3 Å². The van der Waals surface area contributed by atoms with E-state index in [9.17, 15) is 14.4 Å². The fraction of sp³-hybridized carbons (Fsp3) is 0.286. The van der Waals surface area contributed by atoms with Crippen molar-refractivity contribution in [1.82, 2.24) is 5.32 Å². The van der Waals surface area contributed by atoms with Crippen LogP contribution in [0.25, 0.3) is 0 Å². The Labute approximate surface area is 164 Å². The third-order valence-electron chi connectivity index (χ3n) is 4.20. The second-order valence-corrected chi connectivity index (χ2v) is 6.30. The molecule has 2 N–H and O–H groups in total. The molecule has 1 atom stereocenters. The van der Waals surface area contributed by atoms with E-state index in [1.54, 1.807) is 36.4 Å². The highest BCUT2D eigenvalue weighted by Crippen LogP contribution is 2.23. The Kier molecular flexibility index (Phi) is 7.14. The summed E-state index contributed by atoms with van der Waals surface area (Å²) < 4.78 is 10.2. The van der Waals surface area contributed by atoms with E-state index in [-0.39, 0.29) is 12.5 Å². The van der Waals surface area contributed by atoms with Crippen LogP contribution in [0.1, 0.15) is 28.4 Å². The van der Waals surface area contributed by atoms with Crippen molar-refractivity contribution in [3.8, 4) is 5.75 Å². The number of rotatable bonds is 7. The summed E-state index contributed by atoms with van der Waals surface area (Å²) in [5.74, 6) is -1.10. The lowest BCUT2D eigenvalue weighted by Crippen LogP contribution is -2.35. The molecular formula is C21H24N2O5. The van der Waals surface area contributed by atoms with Crippen molar-refractivity contribution in [1.29, 1.82) is 0 Å². The van der Waals surface area contributed by atoms with Gasteiger partial charge in [0, 0.05) is 5.56 Å². The van der Waals surface area contributed by atoms with E-state index in [0.717, 1.165) is 11.1 Å². The van der Waals surface area contributed by atoms with Gasteiger partial charge in [0.2, 0.25) is 0 Å². The van der Waals surface area contributed by atoms with Crippen molar-refractivity contribution >= 4 is 23.5 Å². The van der Waals surface area contributed by atoms with E-state index < -0.39 is 18.0 Å². The molecule has 0 aliphatic carbocycles. The van der Waals surface area contributed by atoms with E-state index in [1.807, 2.05) is 19.9 Å². The van der Waals surface area contributed by atoms with Gasteiger partial charge in [0.15, 0.2) is 6.10 Å². The van der Waals surface area contributed by atoms with Crippen LogP contribution >= 0.6 is 0 Å². The van der Waals surface area contributed by atoms with Crippen molar-refractivity contribution < 1.29 is 23.9 Å². The van der Waals surface area contributed by atoms with Gasteiger partial charge in [-0.3, -0.25) is 14.4 Å². The normalized spacial score (nSPS) is 11.3. The molecule has 0 spiro atoms. The Hall–Kier alpha value is -3.35. The zero-order valence-corrected chi connectivity index (χ0v) is 16.4. The Morgan fingerprint density at radius 1 is 1.04 bits per heavy atom. The van der Waals surface area contributed by atoms with E-state index >= 15 is 0 Å². The summed E-state index contributed by atoms with van der Waals surface area (Å²) in [5.41, 5.74) is 2.99. The minimum Gasteiger partial charge on any atom is -0.495 e. The topological polar surface area (TPSA) is 93.7 Å². The molecule has 0 unspecified atom stereocenters. The summed E-state index contributed by atoms with van der Waals surface area (Å²) in [6, 6.07) is 12.2. The third kappa shape index (κ3) is 5.57. The van der Waals surface area contributed by atoms with E-state index in [1.165, 1.54) is 14.0 Å². The number of para-hydroxylation sites is 2. The van der Waals surface area contributed by atoms with Gasteiger partial charge in [-0.1, -0.05) is 18.2 Å². The van der Waals surface area contributed by atoms with E-state index in [0.29, 0.717) is 17.0 Å². The molecular weight excluding hydrogens is 360 g/mol. The summed E-state index contributed by atoms with van der Waals surface area (Å²) in [6.45, 7) is 4.97. The first-order valence-corrected chi connectivity index (χ1v) is 8.80. The van der Waals surface area contributed by atoms with Gasteiger partial charge < -0.3 is 20.1 Å². The standard InChI is InChI=1S/C21H24N2O5/c1-13-9-10-16(11-14(13)2)21(26)22-12-19(24)28-15(3)20(25)23-17-7-5-6-8-18(17)27-4/h5-11,15H,12H2,1-4H3,(H,22,26)(H,23,25)/t15-/m1/s1. The van der Waals surface area contributed by atoms with Gasteiger partial charge in [-0.25, -0.2) is 0 Å². The molecule has 2 amide bonds. The van der Waals surface area contributed by atoms with Crippen LogP contribution in [0.15, 0.2) is 42.5 Å². The molecule has 7 heteroatoms. The number of methoxy groups -OCH3 is 1. The predicted octanol–water partition coefficient (Wildman–Crippen LogP) is 2.61. The molecule has 7 nitrogen and oxygen atoms in total. The Morgan fingerprint density at radius 2 is 1.75 bits per heavy atom. The minimum atomic E-state index is -1.03. The number of esters is 1. The van der Waals surface area contributed by atoms with Gasteiger partial charge in [-0.05, 0) is 56.2 Å². The second kappa shape index (κ2) is 9.55. The first-order chi connectivity index (χ1) is 13.3. The van der Waals surface area contributed by atoms with Crippen molar-refractivity contribution in [3.63, 3.8) is 0 Å². The average molecular weight is 384 g/mol. The Balaban J connectivity index is 1.85. The number of anilines is 1. The number of hydrogen-bond donors (Lipinski definition) is 2. The maximum Gasteiger partial charge on any atom is 0.326 e. The van der Waals surface area contributed by atoms with Crippen molar-refractivity contribution in [2.24, 2.45) is 0 Å². The lowest BCUT2D eigenvalue weighted by molar-refractivity contribution is -0.152. The minimum absolute atomic E-state index is 0.335. The number of carbonyl (C=O) groups is 3. The summed E-state index contributed by atoms with van der Waals surface area (Å²) in [7, 11) is 1.49. The Bertz CT molecular complexity index is 879. The highest BCUT2D eigenvalue weighted by molar-refractivity contribution is 5.98. The molecule has 0 radical (unpaired) electrons. The number of carbonyl (C=O) groups excluding carboxylic acids is 3. The molecule has 2 rings (SSSR count). The molecule has 2 aromatic carbocycles. The number of benzene rings is 2. The Morgan fingerprint density at radius 3 is 2.43 bits per heavy atom. The lowest BCUT2D eigenvalue weighted by atomic mass is 10.1. The first-order valence-electron chi connectivity index (χ1n) is 8.80. The summed E-state index contributed by atoms with van der Waals surface area (Å²) in [5, 5.41) is 5.13. The molecule has 0 aromatic heterocycles. The molecule has 0 bridgehead atoms. The monoisotopic (exact) mass is 384 g/mol. The molecule has 0 fully saturated rings. The number of nitrogens with one attached hydrogen (secondary N) is 2. The molecule has 148 valence electrons. The number of amides is 2. The molecule has 0 aliphatic rings. The largest absolute Gasteiger partial charge is 0.495 e. The summed E-state index contributed by atoms with van der Waals surface area (Å²) in [6.07, 6.45) is -1.03. The van der Waals surface area contributed by atoms with Crippen LogP contribution in [0.3, 0.4) is 0 Å². The fourth-order valence-corrected chi connectivity index (χ4v) is 2.41. The fourth-order valence-electron chi connectivity index (χ4n) is 2.41. The smallest absolute Gasteiger partial charge is 0.326 e. The molecule has 0 heterocycles. The van der Waals surface area contributed by atoms with E-state index in [4.69, 9.17) is 9.47 Å². The van der Waals surface area contributed by atoms with Crippen LogP contribution < -0.4 is 15.4 Å². The van der Waals surface area contributed by atoms with Gasteiger partial charge in [0.25, 0.3) is 11.8 Å². The van der Waals surface area contributed by atoms with Crippen LogP contribution in [0.2, 0.25) is 0 Å². The summed E-state index contributed by atoms with van der Waals surface area (Å²) in [4.78, 5) is 36.3. The molecule has 2 aromatic rings. The van der Waals surface area contributed by atoms with Crippen LogP contribution in [0, 0.1) is 13.8 Å². The van der Waals surface area contributed by atoms with Crippen LogP contribution in [-0.4, -0.2) is 37.5 Å². The zero-order chi connectivity index (χ0) is 20.7. The number of aryl methyl sites for hydroxylation is 2. The van der Waals surface area contributed by atoms with Gasteiger partial charge >= 0.3 is 5.97 Å². The van der Waals surface area contributed by atoms with Crippen LogP contribution in [0.4, 0.5) is 5.69 Å². The van der Waals surface area contributed by atoms with Gasteiger partial charge in [-0.2, -0.15) is 0 Å². The number of ether oxygens (including phenoxy) is 2. The second-order valence-electron chi connectivity index (χ2n) is 6.30. The zero-order valence-electron chi connectivity index (χ0n) is 16.4. The average Bonchev–Trinajstić information content (AvgIpc) is 2.68. The highest BCUT2D eigenvalue weighted by Gasteiger charge is 2.19. The van der Waals surface area contributed by atoms with Crippen LogP contribution in [-0.2, 0) is 14.3 Å². The number of hydrogen-bond acceptors (Lipinski definition) is 5. The molecule has 0 saturated heterocycles. The first kappa shape index (κ1) is 21.0.